The number of benzene rings is 1. The highest BCUT2D eigenvalue weighted by atomic mass is 35.5. The number of halogens is 2. The molecule has 1 aliphatic heterocycles. The molecule has 0 bridgehead atoms. The van der Waals surface area contributed by atoms with Crippen molar-refractivity contribution >= 4 is 39.9 Å². The lowest BCUT2D eigenvalue weighted by atomic mass is 9.97. The molecule has 0 saturated carbocycles. The maximum atomic E-state index is 12.5. The molecule has 8 heteroatoms. The van der Waals surface area contributed by atoms with Crippen molar-refractivity contribution in [3.05, 3.63) is 38.9 Å². The van der Waals surface area contributed by atoms with E-state index in [1.807, 2.05) is 0 Å². The van der Waals surface area contributed by atoms with Crippen molar-refractivity contribution in [2.75, 3.05) is 6.54 Å². The number of aliphatic hydroxyl groups excluding tert-OH is 1. The summed E-state index contributed by atoms with van der Waals surface area (Å²) >= 11 is 11.9. The molecular weight excluding hydrogens is 353 g/mol. The molecular formula is C16H17Cl2N3O3. The Morgan fingerprint density at radius 1 is 1.38 bits per heavy atom. The Labute approximate surface area is 148 Å². The predicted molar refractivity (Wildman–Crippen MR) is 92.7 cm³/mol. The third kappa shape index (κ3) is 3.62. The number of nitrogens with zero attached hydrogens (tertiary/aromatic N) is 2. The minimum absolute atomic E-state index is 0.0904. The van der Waals surface area contributed by atoms with E-state index in [0.29, 0.717) is 22.3 Å². The van der Waals surface area contributed by atoms with Gasteiger partial charge >= 0.3 is 0 Å². The maximum absolute atomic E-state index is 12.5. The summed E-state index contributed by atoms with van der Waals surface area (Å²) in [5.41, 5.74) is 0.0894. The van der Waals surface area contributed by atoms with Gasteiger partial charge in [0.2, 0.25) is 0 Å². The first-order chi connectivity index (χ1) is 11.5. The van der Waals surface area contributed by atoms with Crippen LogP contribution in [0.25, 0.3) is 10.9 Å². The molecule has 1 aromatic heterocycles. The molecule has 2 unspecified atom stereocenters. The average Bonchev–Trinajstić information content (AvgIpc) is 2.54. The molecule has 1 fully saturated rings. The molecule has 0 amide bonds. The predicted octanol–water partition coefficient (Wildman–Crippen LogP) is 1.78. The minimum Gasteiger partial charge on any atom is -0.391 e. The second-order valence-corrected chi connectivity index (χ2v) is 6.79. The quantitative estimate of drug-likeness (QED) is 0.857. The van der Waals surface area contributed by atoms with Crippen LogP contribution in [0.3, 0.4) is 0 Å². The fourth-order valence-electron chi connectivity index (χ4n) is 2.91. The Hall–Kier alpha value is -1.47. The number of fused-ring (bicyclic) bond motifs is 1. The number of carbonyl (C=O) groups excluding carboxylic acids is 1. The SMILES string of the molecule is O=C(CC1NCCCC1O)Cn1cnc2cc(Cl)c(Cl)cc2c1=O. The van der Waals surface area contributed by atoms with Gasteiger partial charge in [0.1, 0.15) is 0 Å². The Morgan fingerprint density at radius 3 is 2.88 bits per heavy atom. The van der Waals surface area contributed by atoms with E-state index in [-0.39, 0.29) is 35.4 Å². The third-order valence-electron chi connectivity index (χ3n) is 4.21. The Kier molecular flexibility index (Phi) is 5.20. The summed E-state index contributed by atoms with van der Waals surface area (Å²) < 4.78 is 1.25. The summed E-state index contributed by atoms with van der Waals surface area (Å²) in [5, 5.41) is 14.0. The van der Waals surface area contributed by atoms with Gasteiger partial charge in [0.15, 0.2) is 5.78 Å². The summed E-state index contributed by atoms with van der Waals surface area (Å²) in [6, 6.07) is 2.72. The zero-order chi connectivity index (χ0) is 17.3. The molecule has 1 saturated heterocycles. The van der Waals surface area contributed by atoms with E-state index in [4.69, 9.17) is 23.2 Å². The van der Waals surface area contributed by atoms with E-state index in [0.717, 1.165) is 13.0 Å². The van der Waals surface area contributed by atoms with E-state index in [1.54, 1.807) is 0 Å². The van der Waals surface area contributed by atoms with Gasteiger partial charge in [-0.25, -0.2) is 4.98 Å². The van der Waals surface area contributed by atoms with Crippen LogP contribution in [-0.2, 0) is 11.3 Å². The zero-order valence-electron chi connectivity index (χ0n) is 12.8. The van der Waals surface area contributed by atoms with E-state index < -0.39 is 6.10 Å². The van der Waals surface area contributed by atoms with Gasteiger partial charge in [-0.05, 0) is 31.5 Å². The number of piperidine rings is 1. The maximum Gasteiger partial charge on any atom is 0.261 e. The van der Waals surface area contributed by atoms with Gasteiger partial charge in [-0.2, -0.15) is 0 Å². The largest absolute Gasteiger partial charge is 0.391 e. The molecule has 0 spiro atoms. The molecule has 2 N–H and O–H groups in total. The standard InChI is InChI=1S/C16H17Cl2N3O3/c17-11-5-10-13(6-12(11)18)20-8-21(16(10)24)7-9(22)4-14-15(23)2-1-3-19-14/h5-6,8,14-15,19,23H,1-4,7H2. The number of carbonyl (C=O) groups is 1. The first-order valence-electron chi connectivity index (χ1n) is 7.73. The van der Waals surface area contributed by atoms with Gasteiger partial charge in [0, 0.05) is 12.5 Å². The summed E-state index contributed by atoms with van der Waals surface area (Å²) in [6.45, 7) is 0.693. The number of rotatable bonds is 4. The fourth-order valence-corrected chi connectivity index (χ4v) is 3.23. The van der Waals surface area contributed by atoms with Gasteiger partial charge in [0.25, 0.3) is 5.56 Å². The Morgan fingerprint density at radius 2 is 2.12 bits per heavy atom. The molecule has 2 aromatic rings. The number of hydrogen-bond donors (Lipinski definition) is 2. The lowest BCUT2D eigenvalue weighted by Gasteiger charge is -2.28. The van der Waals surface area contributed by atoms with E-state index in [2.05, 4.69) is 10.3 Å². The highest BCUT2D eigenvalue weighted by Crippen LogP contribution is 2.25. The number of aliphatic hydroxyl groups is 1. The molecule has 1 aromatic carbocycles. The van der Waals surface area contributed by atoms with Crippen LogP contribution < -0.4 is 10.9 Å². The molecule has 2 heterocycles. The summed E-state index contributed by atoms with van der Waals surface area (Å²) in [4.78, 5) is 28.9. The van der Waals surface area contributed by atoms with Crippen LogP contribution in [0.2, 0.25) is 10.0 Å². The van der Waals surface area contributed by atoms with E-state index in [1.165, 1.54) is 23.0 Å². The van der Waals surface area contributed by atoms with Gasteiger partial charge in [0.05, 0.1) is 39.9 Å². The minimum atomic E-state index is -0.532. The zero-order valence-corrected chi connectivity index (χ0v) is 14.3. The Balaban J connectivity index is 1.79. The number of nitrogens with one attached hydrogen (secondary N) is 1. The monoisotopic (exact) mass is 369 g/mol. The molecule has 1 aliphatic rings. The first-order valence-corrected chi connectivity index (χ1v) is 8.48. The van der Waals surface area contributed by atoms with Crippen LogP contribution in [0.1, 0.15) is 19.3 Å². The fraction of sp³-hybridized carbons (Fsp3) is 0.438. The molecule has 0 radical (unpaired) electrons. The second kappa shape index (κ2) is 7.19. The molecule has 0 aliphatic carbocycles. The summed E-state index contributed by atoms with van der Waals surface area (Å²) in [7, 11) is 0. The smallest absolute Gasteiger partial charge is 0.261 e. The van der Waals surface area contributed by atoms with Crippen LogP contribution >= 0.6 is 23.2 Å². The van der Waals surface area contributed by atoms with E-state index >= 15 is 0 Å². The van der Waals surface area contributed by atoms with Crippen molar-refractivity contribution in [1.29, 1.82) is 0 Å². The number of ketones is 1. The molecule has 6 nitrogen and oxygen atoms in total. The van der Waals surface area contributed by atoms with Crippen molar-refractivity contribution in [2.24, 2.45) is 0 Å². The van der Waals surface area contributed by atoms with Gasteiger partial charge in [-0.1, -0.05) is 23.2 Å². The summed E-state index contributed by atoms with van der Waals surface area (Å²) in [5.74, 6) is -0.142. The molecule has 24 heavy (non-hydrogen) atoms. The van der Waals surface area contributed by atoms with Gasteiger partial charge in [-0.3, -0.25) is 14.2 Å². The lowest BCUT2D eigenvalue weighted by molar-refractivity contribution is -0.121. The molecule has 128 valence electrons. The van der Waals surface area contributed by atoms with Crippen LogP contribution in [0.15, 0.2) is 23.3 Å². The molecule has 2 atom stereocenters. The van der Waals surface area contributed by atoms with Gasteiger partial charge in [-0.15, -0.1) is 0 Å². The van der Waals surface area contributed by atoms with Crippen LogP contribution in [0.5, 0.6) is 0 Å². The normalized spacial score (nSPS) is 21.1. The molecule has 3 rings (SSSR count). The van der Waals surface area contributed by atoms with Crippen LogP contribution in [0, 0.1) is 0 Å². The average molecular weight is 370 g/mol. The number of aromatic nitrogens is 2. The van der Waals surface area contributed by atoms with Crippen molar-refractivity contribution in [3.63, 3.8) is 0 Å². The van der Waals surface area contributed by atoms with Crippen molar-refractivity contribution in [3.8, 4) is 0 Å². The lowest BCUT2D eigenvalue weighted by Crippen LogP contribution is -2.46. The Bertz CT molecular complexity index is 837. The highest BCUT2D eigenvalue weighted by Gasteiger charge is 2.25. The summed E-state index contributed by atoms with van der Waals surface area (Å²) in [6.07, 6.45) is 2.55. The topological polar surface area (TPSA) is 84.2 Å². The van der Waals surface area contributed by atoms with Crippen molar-refractivity contribution in [1.82, 2.24) is 14.9 Å². The van der Waals surface area contributed by atoms with Crippen LogP contribution in [-0.4, -0.2) is 39.1 Å². The van der Waals surface area contributed by atoms with Crippen molar-refractivity contribution < 1.29 is 9.90 Å². The first kappa shape index (κ1) is 17.4. The second-order valence-electron chi connectivity index (χ2n) is 5.97. The van der Waals surface area contributed by atoms with E-state index in [9.17, 15) is 14.7 Å². The highest BCUT2D eigenvalue weighted by molar-refractivity contribution is 6.42. The number of hydrogen-bond acceptors (Lipinski definition) is 5. The third-order valence-corrected chi connectivity index (χ3v) is 4.93. The van der Waals surface area contributed by atoms with Crippen molar-refractivity contribution in [2.45, 2.75) is 38.0 Å². The van der Waals surface area contributed by atoms with Crippen LogP contribution in [0.4, 0.5) is 0 Å². The van der Waals surface area contributed by atoms with Gasteiger partial charge < -0.3 is 10.4 Å². The number of Topliss-reactive ketones (excluding diaryl/α,β-unsaturated/α-hetero) is 1.